The van der Waals surface area contributed by atoms with E-state index in [-0.39, 0.29) is 17.5 Å². The number of nitro groups is 1. The Morgan fingerprint density at radius 2 is 1.86 bits per heavy atom. The standard InChI is InChI=1S/C20H17FN4O2S/c21-17-5-2-1-4-16(17)19-18-6-3-11-23(18)12-13-24(19)20(28)22-14-7-9-15(10-8-14)25(26)27/h1-11,19H,12-13H2,(H,22,28)/t19-/m1/s1. The zero-order valence-electron chi connectivity index (χ0n) is 14.8. The van der Waals surface area contributed by atoms with Crippen LogP contribution in [0.2, 0.25) is 0 Å². The van der Waals surface area contributed by atoms with E-state index >= 15 is 0 Å². The first-order valence-corrected chi connectivity index (χ1v) is 9.17. The summed E-state index contributed by atoms with van der Waals surface area (Å²) < 4.78 is 16.7. The summed E-state index contributed by atoms with van der Waals surface area (Å²) in [6, 6.07) is 16.3. The van der Waals surface area contributed by atoms with E-state index in [0.29, 0.717) is 22.9 Å². The molecular formula is C20H17FN4O2S. The predicted octanol–water partition coefficient (Wildman–Crippen LogP) is 4.34. The smallest absolute Gasteiger partial charge is 0.269 e. The molecule has 0 fully saturated rings. The van der Waals surface area contributed by atoms with Crippen molar-refractivity contribution < 1.29 is 9.31 Å². The molecule has 6 nitrogen and oxygen atoms in total. The van der Waals surface area contributed by atoms with E-state index in [0.717, 1.165) is 12.2 Å². The highest BCUT2D eigenvalue weighted by Gasteiger charge is 2.32. The van der Waals surface area contributed by atoms with Gasteiger partial charge in [-0.15, -0.1) is 0 Å². The topological polar surface area (TPSA) is 63.3 Å². The van der Waals surface area contributed by atoms with Gasteiger partial charge in [-0.05, 0) is 42.5 Å². The molecule has 0 spiro atoms. The van der Waals surface area contributed by atoms with Crippen molar-refractivity contribution in [2.45, 2.75) is 12.6 Å². The van der Waals surface area contributed by atoms with Crippen molar-refractivity contribution >= 4 is 28.7 Å². The van der Waals surface area contributed by atoms with Gasteiger partial charge in [0.25, 0.3) is 5.69 Å². The summed E-state index contributed by atoms with van der Waals surface area (Å²) in [6.45, 7) is 1.34. The van der Waals surface area contributed by atoms with Crippen LogP contribution in [0.5, 0.6) is 0 Å². The molecule has 142 valence electrons. The average Bonchev–Trinajstić information content (AvgIpc) is 3.17. The second-order valence-electron chi connectivity index (χ2n) is 6.48. The number of nitrogens with one attached hydrogen (secondary N) is 1. The first-order valence-electron chi connectivity index (χ1n) is 8.76. The lowest BCUT2D eigenvalue weighted by molar-refractivity contribution is -0.384. The number of fused-ring (bicyclic) bond motifs is 1. The van der Waals surface area contributed by atoms with Crippen molar-refractivity contribution in [3.05, 3.63) is 94.0 Å². The molecule has 0 saturated heterocycles. The number of anilines is 1. The zero-order chi connectivity index (χ0) is 19.7. The van der Waals surface area contributed by atoms with Gasteiger partial charge in [0.15, 0.2) is 5.11 Å². The molecule has 0 aliphatic carbocycles. The molecule has 1 aliphatic heterocycles. The van der Waals surface area contributed by atoms with Crippen molar-refractivity contribution in [3.8, 4) is 0 Å². The molecule has 0 radical (unpaired) electrons. The van der Waals surface area contributed by atoms with E-state index < -0.39 is 4.92 Å². The lowest BCUT2D eigenvalue weighted by Gasteiger charge is -2.39. The lowest BCUT2D eigenvalue weighted by Crippen LogP contribution is -2.44. The van der Waals surface area contributed by atoms with E-state index in [1.807, 2.05) is 29.3 Å². The van der Waals surface area contributed by atoms with Crippen LogP contribution in [0.25, 0.3) is 0 Å². The SMILES string of the molecule is O=[N+]([O-])c1ccc(NC(=S)N2CCn3cccc3[C@H]2c2ccccc2F)cc1. The summed E-state index contributed by atoms with van der Waals surface area (Å²) >= 11 is 5.61. The summed E-state index contributed by atoms with van der Waals surface area (Å²) in [5.41, 5.74) is 2.17. The summed E-state index contributed by atoms with van der Waals surface area (Å²) in [7, 11) is 0. The average molecular weight is 396 g/mol. The number of hydrogen-bond donors (Lipinski definition) is 1. The second kappa shape index (κ2) is 7.40. The van der Waals surface area contributed by atoms with E-state index in [1.54, 1.807) is 24.3 Å². The van der Waals surface area contributed by atoms with Crippen molar-refractivity contribution in [3.63, 3.8) is 0 Å². The van der Waals surface area contributed by atoms with Crippen molar-refractivity contribution in [1.29, 1.82) is 0 Å². The van der Waals surface area contributed by atoms with Crippen LogP contribution in [0.1, 0.15) is 17.3 Å². The molecule has 8 heteroatoms. The maximum atomic E-state index is 14.6. The van der Waals surface area contributed by atoms with Gasteiger partial charge in [0.2, 0.25) is 0 Å². The van der Waals surface area contributed by atoms with Gasteiger partial charge in [0, 0.05) is 48.4 Å². The molecule has 1 atom stereocenters. The van der Waals surface area contributed by atoms with Gasteiger partial charge in [0.1, 0.15) is 5.82 Å². The van der Waals surface area contributed by atoms with Gasteiger partial charge in [-0.2, -0.15) is 0 Å². The van der Waals surface area contributed by atoms with Crippen LogP contribution in [0, 0.1) is 15.9 Å². The molecule has 2 aromatic carbocycles. The fourth-order valence-electron chi connectivity index (χ4n) is 3.49. The quantitative estimate of drug-likeness (QED) is 0.405. The third-order valence-corrected chi connectivity index (χ3v) is 5.16. The fourth-order valence-corrected chi connectivity index (χ4v) is 3.80. The highest BCUT2D eigenvalue weighted by molar-refractivity contribution is 7.80. The highest BCUT2D eigenvalue weighted by Crippen LogP contribution is 2.34. The maximum Gasteiger partial charge on any atom is 0.269 e. The Kier molecular flexibility index (Phi) is 4.79. The Bertz CT molecular complexity index is 1030. The van der Waals surface area contributed by atoms with Gasteiger partial charge in [-0.1, -0.05) is 18.2 Å². The molecule has 28 heavy (non-hydrogen) atoms. The number of hydrogen-bond acceptors (Lipinski definition) is 3. The first kappa shape index (κ1) is 18.1. The minimum atomic E-state index is -0.449. The Labute approximate surface area is 166 Å². The van der Waals surface area contributed by atoms with Gasteiger partial charge in [0.05, 0.1) is 11.0 Å². The summed E-state index contributed by atoms with van der Waals surface area (Å²) in [4.78, 5) is 12.3. The van der Waals surface area contributed by atoms with Crippen LogP contribution < -0.4 is 5.32 Å². The molecule has 1 aliphatic rings. The first-order chi connectivity index (χ1) is 13.5. The predicted molar refractivity (Wildman–Crippen MR) is 109 cm³/mol. The number of nitro benzene ring substituents is 1. The number of halogens is 1. The van der Waals surface area contributed by atoms with Crippen LogP contribution in [-0.2, 0) is 6.54 Å². The Balaban J connectivity index is 1.64. The third-order valence-electron chi connectivity index (χ3n) is 4.83. The van der Waals surface area contributed by atoms with Gasteiger partial charge in [-0.25, -0.2) is 4.39 Å². The monoisotopic (exact) mass is 396 g/mol. The summed E-state index contributed by atoms with van der Waals surface area (Å²) in [5, 5.41) is 14.4. The number of rotatable bonds is 3. The van der Waals surface area contributed by atoms with E-state index in [4.69, 9.17) is 12.2 Å². The number of thiocarbonyl (C=S) groups is 1. The molecule has 2 heterocycles. The summed E-state index contributed by atoms with van der Waals surface area (Å²) in [5.74, 6) is -0.287. The molecule has 0 bridgehead atoms. The second-order valence-corrected chi connectivity index (χ2v) is 6.86. The minimum Gasteiger partial charge on any atom is -0.348 e. The fraction of sp³-hybridized carbons (Fsp3) is 0.150. The number of non-ortho nitro benzene ring substituents is 1. The normalized spacial score (nSPS) is 15.8. The largest absolute Gasteiger partial charge is 0.348 e. The molecule has 0 saturated carbocycles. The van der Waals surface area contributed by atoms with Crippen LogP contribution in [0.15, 0.2) is 66.9 Å². The molecule has 1 aromatic heterocycles. The van der Waals surface area contributed by atoms with E-state index in [1.165, 1.54) is 18.2 Å². The van der Waals surface area contributed by atoms with Crippen LogP contribution in [0.4, 0.5) is 15.8 Å². The van der Waals surface area contributed by atoms with Crippen molar-refractivity contribution in [2.75, 3.05) is 11.9 Å². The zero-order valence-corrected chi connectivity index (χ0v) is 15.6. The molecule has 0 amide bonds. The highest BCUT2D eigenvalue weighted by atomic mass is 32.1. The molecule has 3 aromatic rings. The number of benzene rings is 2. The van der Waals surface area contributed by atoms with Gasteiger partial charge in [-0.3, -0.25) is 10.1 Å². The molecule has 0 unspecified atom stereocenters. The Morgan fingerprint density at radius 1 is 1.11 bits per heavy atom. The van der Waals surface area contributed by atoms with Crippen molar-refractivity contribution in [1.82, 2.24) is 9.47 Å². The van der Waals surface area contributed by atoms with Crippen LogP contribution >= 0.6 is 12.2 Å². The minimum absolute atomic E-state index is 0.0106. The number of aromatic nitrogens is 1. The number of nitrogens with zero attached hydrogens (tertiary/aromatic N) is 3. The van der Waals surface area contributed by atoms with Crippen molar-refractivity contribution in [2.24, 2.45) is 0 Å². The van der Waals surface area contributed by atoms with Crippen LogP contribution in [0.3, 0.4) is 0 Å². The Hall–Kier alpha value is -3.26. The third kappa shape index (κ3) is 3.34. The molecular weight excluding hydrogens is 379 g/mol. The maximum absolute atomic E-state index is 14.6. The molecule has 1 N–H and O–H groups in total. The van der Waals surface area contributed by atoms with Gasteiger partial charge >= 0.3 is 0 Å². The van der Waals surface area contributed by atoms with E-state index in [2.05, 4.69) is 9.88 Å². The lowest BCUT2D eigenvalue weighted by atomic mass is 10.00. The summed E-state index contributed by atoms with van der Waals surface area (Å²) in [6.07, 6.45) is 1.98. The van der Waals surface area contributed by atoms with E-state index in [9.17, 15) is 14.5 Å². The Morgan fingerprint density at radius 3 is 2.57 bits per heavy atom. The van der Waals surface area contributed by atoms with Crippen LogP contribution in [-0.4, -0.2) is 26.0 Å². The van der Waals surface area contributed by atoms with Gasteiger partial charge < -0.3 is 14.8 Å². The molecule has 4 rings (SSSR count).